The molecule has 112 valence electrons. The number of carbonyl (C=O) groups is 1. The lowest BCUT2D eigenvalue weighted by Gasteiger charge is -2.45. The highest BCUT2D eigenvalue weighted by Crippen LogP contribution is 2.32. The van der Waals surface area contributed by atoms with E-state index in [1.54, 1.807) is 6.92 Å². The Hall–Kier alpha value is -0.780. The molecule has 0 radical (unpaired) electrons. The average Bonchev–Trinajstić information content (AvgIpc) is 2.27. The summed E-state index contributed by atoms with van der Waals surface area (Å²) in [5, 5.41) is 9.35. The third-order valence-electron chi connectivity index (χ3n) is 4.02. The first kappa shape index (κ1) is 16.3. The molecule has 1 rings (SSSR count). The monoisotopic (exact) mass is 281 g/mol. The molecule has 0 spiro atoms. The van der Waals surface area contributed by atoms with Crippen molar-refractivity contribution in [2.75, 3.05) is 6.54 Å². The lowest BCUT2D eigenvalue weighted by Crippen LogP contribution is -2.58. The lowest BCUT2D eigenvalue weighted by atomic mass is 9.86. The zero-order valence-corrected chi connectivity index (χ0v) is 11.5. The van der Waals surface area contributed by atoms with Crippen molar-refractivity contribution in [3.8, 4) is 0 Å². The highest BCUT2D eigenvalue weighted by Gasteiger charge is 2.43. The Kier molecular flexibility index (Phi) is 5.24. The fraction of sp³-hybridized carbons (Fsp3) is 0.923. The molecule has 1 saturated heterocycles. The Labute approximate surface area is 111 Å². The Balaban J connectivity index is 2.58. The van der Waals surface area contributed by atoms with E-state index in [4.69, 9.17) is 0 Å². The highest BCUT2D eigenvalue weighted by atomic mass is 19.4. The fourth-order valence-electron chi connectivity index (χ4n) is 2.83. The minimum Gasteiger partial charge on any atom is -0.480 e. The maximum absolute atomic E-state index is 12.1. The van der Waals surface area contributed by atoms with Crippen LogP contribution in [0.2, 0.25) is 0 Å². The molecule has 0 saturated carbocycles. The number of alkyl halides is 3. The van der Waals surface area contributed by atoms with Crippen LogP contribution in [0.3, 0.4) is 0 Å². The molecular formula is C13H22F3NO2. The summed E-state index contributed by atoms with van der Waals surface area (Å²) < 4.78 is 36.4. The van der Waals surface area contributed by atoms with E-state index >= 15 is 0 Å². The van der Waals surface area contributed by atoms with Gasteiger partial charge in [-0.3, -0.25) is 9.69 Å². The Morgan fingerprint density at radius 1 is 1.42 bits per heavy atom. The predicted octanol–water partition coefficient (Wildman–Crippen LogP) is 3.44. The largest absolute Gasteiger partial charge is 0.480 e. The van der Waals surface area contributed by atoms with Gasteiger partial charge in [-0.15, -0.1) is 0 Å². The van der Waals surface area contributed by atoms with Crippen LogP contribution >= 0.6 is 0 Å². The normalized spacial score (nSPS) is 27.2. The molecule has 1 aliphatic heterocycles. The van der Waals surface area contributed by atoms with Gasteiger partial charge in [-0.05, 0) is 52.5 Å². The molecule has 6 heteroatoms. The van der Waals surface area contributed by atoms with Gasteiger partial charge in [-0.25, -0.2) is 0 Å². The summed E-state index contributed by atoms with van der Waals surface area (Å²) in [7, 11) is 0. The van der Waals surface area contributed by atoms with Crippen LogP contribution in [0.4, 0.5) is 13.2 Å². The van der Waals surface area contributed by atoms with Crippen molar-refractivity contribution in [2.45, 2.75) is 70.1 Å². The quantitative estimate of drug-likeness (QED) is 0.839. The number of hydrogen-bond donors (Lipinski definition) is 1. The van der Waals surface area contributed by atoms with Crippen molar-refractivity contribution in [2.24, 2.45) is 0 Å². The average molecular weight is 281 g/mol. The van der Waals surface area contributed by atoms with Crippen molar-refractivity contribution in [1.82, 2.24) is 4.90 Å². The van der Waals surface area contributed by atoms with Crippen molar-refractivity contribution < 1.29 is 23.1 Å². The van der Waals surface area contributed by atoms with Gasteiger partial charge >= 0.3 is 12.1 Å². The number of halogens is 3. The Morgan fingerprint density at radius 2 is 2.05 bits per heavy atom. The standard InChI is InChI=1S/C13H22F3NO2/c1-10(6-5-8-13(14,15)16)17-9-4-3-7-12(17,2)11(18)19/h10H,3-9H2,1-2H3,(H,18,19). The van der Waals surface area contributed by atoms with E-state index in [2.05, 4.69) is 0 Å². The highest BCUT2D eigenvalue weighted by molar-refractivity contribution is 5.78. The van der Waals surface area contributed by atoms with Crippen LogP contribution in [0.1, 0.15) is 52.4 Å². The van der Waals surface area contributed by atoms with Crippen LogP contribution in [0.15, 0.2) is 0 Å². The number of carboxylic acid groups (broad SMARTS) is 1. The maximum atomic E-state index is 12.1. The van der Waals surface area contributed by atoms with Crippen molar-refractivity contribution >= 4 is 5.97 Å². The first-order valence-corrected chi connectivity index (χ1v) is 6.74. The smallest absolute Gasteiger partial charge is 0.389 e. The SMILES string of the molecule is CC(CCCC(F)(F)F)N1CCCCC1(C)C(=O)O. The fourth-order valence-corrected chi connectivity index (χ4v) is 2.83. The van der Waals surface area contributed by atoms with Gasteiger partial charge in [-0.2, -0.15) is 13.2 Å². The van der Waals surface area contributed by atoms with Crippen LogP contribution < -0.4 is 0 Å². The molecule has 1 N–H and O–H groups in total. The number of aliphatic carboxylic acids is 1. The third-order valence-corrected chi connectivity index (χ3v) is 4.02. The molecule has 0 aromatic rings. The van der Waals surface area contributed by atoms with E-state index in [-0.39, 0.29) is 12.5 Å². The first-order chi connectivity index (χ1) is 8.67. The third kappa shape index (κ3) is 4.37. The molecule has 1 aliphatic rings. The van der Waals surface area contributed by atoms with Crippen molar-refractivity contribution in [3.05, 3.63) is 0 Å². The van der Waals surface area contributed by atoms with Gasteiger partial charge in [-0.1, -0.05) is 0 Å². The number of piperidine rings is 1. The topological polar surface area (TPSA) is 40.5 Å². The molecule has 0 aromatic carbocycles. The zero-order valence-electron chi connectivity index (χ0n) is 11.5. The van der Waals surface area contributed by atoms with Crippen LogP contribution in [0, 0.1) is 0 Å². The van der Waals surface area contributed by atoms with Gasteiger partial charge in [0.1, 0.15) is 5.54 Å². The summed E-state index contributed by atoms with van der Waals surface area (Å²) in [6, 6.07) is -0.135. The summed E-state index contributed by atoms with van der Waals surface area (Å²) in [5.41, 5.74) is -0.935. The van der Waals surface area contributed by atoms with Gasteiger partial charge < -0.3 is 5.11 Å². The first-order valence-electron chi connectivity index (χ1n) is 6.74. The molecule has 19 heavy (non-hydrogen) atoms. The Morgan fingerprint density at radius 3 is 2.58 bits per heavy atom. The van der Waals surface area contributed by atoms with Crippen LogP contribution in [-0.2, 0) is 4.79 Å². The minimum absolute atomic E-state index is 0.0524. The van der Waals surface area contributed by atoms with Gasteiger partial charge in [0.2, 0.25) is 0 Å². The van der Waals surface area contributed by atoms with Crippen LogP contribution in [-0.4, -0.2) is 40.3 Å². The number of nitrogens with zero attached hydrogens (tertiary/aromatic N) is 1. The molecular weight excluding hydrogens is 259 g/mol. The van der Waals surface area contributed by atoms with Crippen molar-refractivity contribution in [1.29, 1.82) is 0 Å². The molecule has 0 aliphatic carbocycles. The van der Waals surface area contributed by atoms with Gasteiger partial charge in [0.25, 0.3) is 0 Å². The molecule has 0 amide bonds. The second kappa shape index (κ2) is 6.11. The zero-order chi connectivity index (χ0) is 14.7. The maximum Gasteiger partial charge on any atom is 0.389 e. The lowest BCUT2D eigenvalue weighted by molar-refractivity contribution is -0.155. The van der Waals surface area contributed by atoms with E-state index in [0.717, 1.165) is 12.8 Å². The van der Waals surface area contributed by atoms with E-state index in [9.17, 15) is 23.1 Å². The van der Waals surface area contributed by atoms with Crippen molar-refractivity contribution in [3.63, 3.8) is 0 Å². The molecule has 1 fully saturated rings. The van der Waals surface area contributed by atoms with E-state index in [1.807, 2.05) is 11.8 Å². The molecule has 0 bridgehead atoms. The number of hydrogen-bond acceptors (Lipinski definition) is 2. The van der Waals surface area contributed by atoms with E-state index in [0.29, 0.717) is 19.4 Å². The van der Waals surface area contributed by atoms with E-state index in [1.165, 1.54) is 0 Å². The molecule has 1 heterocycles. The van der Waals surface area contributed by atoms with Gasteiger partial charge in [0, 0.05) is 12.5 Å². The predicted molar refractivity (Wildman–Crippen MR) is 66.0 cm³/mol. The minimum atomic E-state index is -4.13. The summed E-state index contributed by atoms with van der Waals surface area (Å²) in [4.78, 5) is 13.3. The molecule has 2 atom stereocenters. The Bertz CT molecular complexity index is 320. The molecule has 0 aromatic heterocycles. The summed E-state index contributed by atoms with van der Waals surface area (Å²) in [6.07, 6.45) is -2.17. The van der Waals surface area contributed by atoms with Gasteiger partial charge in [0.05, 0.1) is 0 Å². The second-order valence-corrected chi connectivity index (χ2v) is 5.59. The summed E-state index contributed by atoms with van der Waals surface area (Å²) in [6.45, 7) is 4.15. The molecule has 2 unspecified atom stereocenters. The van der Waals surface area contributed by atoms with Gasteiger partial charge in [0.15, 0.2) is 0 Å². The number of carboxylic acids is 1. The summed E-state index contributed by atoms with van der Waals surface area (Å²) in [5.74, 6) is -0.880. The van der Waals surface area contributed by atoms with Crippen LogP contribution in [0.25, 0.3) is 0 Å². The number of likely N-dealkylation sites (tertiary alicyclic amines) is 1. The number of rotatable bonds is 5. The second-order valence-electron chi connectivity index (χ2n) is 5.59. The molecule has 3 nitrogen and oxygen atoms in total. The van der Waals surface area contributed by atoms with E-state index < -0.39 is 24.1 Å². The van der Waals surface area contributed by atoms with Crippen LogP contribution in [0.5, 0.6) is 0 Å². The summed E-state index contributed by atoms with van der Waals surface area (Å²) >= 11 is 0.